The number of methoxy groups -OCH3 is 2. The zero-order valence-electron chi connectivity index (χ0n) is 20.5. The second-order valence-corrected chi connectivity index (χ2v) is 8.75. The predicted octanol–water partition coefficient (Wildman–Crippen LogP) is 3.16. The van der Waals surface area contributed by atoms with Crippen LogP contribution in [0.3, 0.4) is 0 Å². The summed E-state index contributed by atoms with van der Waals surface area (Å²) in [4.78, 5) is 30.4. The van der Waals surface area contributed by atoms with Gasteiger partial charge in [-0.15, -0.1) is 0 Å². The summed E-state index contributed by atoms with van der Waals surface area (Å²) in [7, 11) is 3.05. The van der Waals surface area contributed by atoms with Crippen LogP contribution in [0.4, 0.5) is 0 Å². The molecule has 0 radical (unpaired) electrons. The first-order valence-corrected chi connectivity index (χ1v) is 11.8. The molecule has 35 heavy (non-hydrogen) atoms. The monoisotopic (exact) mass is 480 g/mol. The fourth-order valence-corrected chi connectivity index (χ4v) is 4.72. The number of para-hydroxylation sites is 1. The number of hydrogen-bond donors (Lipinski definition) is 1. The maximum atomic E-state index is 13.3. The molecule has 0 bridgehead atoms. The van der Waals surface area contributed by atoms with Crippen molar-refractivity contribution >= 4 is 17.4 Å². The van der Waals surface area contributed by atoms with E-state index in [-0.39, 0.29) is 11.3 Å². The van der Waals surface area contributed by atoms with Gasteiger partial charge in [0.15, 0.2) is 11.5 Å². The Hall–Kier alpha value is -3.36. The molecule has 186 valence electrons. The first-order valence-electron chi connectivity index (χ1n) is 11.8. The summed E-state index contributed by atoms with van der Waals surface area (Å²) in [6, 6.07) is 11.8. The Bertz CT molecular complexity index is 1110. The van der Waals surface area contributed by atoms with Crippen molar-refractivity contribution in [1.82, 2.24) is 9.80 Å². The molecule has 1 atom stereocenters. The lowest BCUT2D eigenvalue weighted by Crippen LogP contribution is -2.39. The van der Waals surface area contributed by atoms with Gasteiger partial charge in [-0.3, -0.25) is 14.5 Å². The van der Waals surface area contributed by atoms with Crippen molar-refractivity contribution in [1.29, 1.82) is 0 Å². The van der Waals surface area contributed by atoms with Crippen molar-refractivity contribution in [3.63, 3.8) is 0 Å². The lowest BCUT2D eigenvalue weighted by atomic mass is 9.94. The minimum absolute atomic E-state index is 0.0526. The molecule has 2 aromatic rings. The maximum absolute atomic E-state index is 13.3. The van der Waals surface area contributed by atoms with Crippen molar-refractivity contribution in [3.05, 3.63) is 64.7 Å². The minimum atomic E-state index is -0.800. The number of ether oxygens (including phenoxy) is 3. The molecule has 2 aromatic carbocycles. The summed E-state index contributed by atoms with van der Waals surface area (Å²) in [5, 5.41) is 11.3. The van der Waals surface area contributed by atoms with Crippen LogP contribution in [0.25, 0.3) is 5.76 Å². The molecule has 8 heteroatoms. The lowest BCUT2D eigenvalue weighted by molar-refractivity contribution is -0.140. The molecule has 1 unspecified atom stereocenters. The Morgan fingerprint density at radius 2 is 1.74 bits per heavy atom. The van der Waals surface area contributed by atoms with E-state index in [1.54, 1.807) is 35.2 Å². The van der Waals surface area contributed by atoms with Crippen molar-refractivity contribution in [2.75, 3.05) is 53.6 Å². The third-order valence-electron chi connectivity index (χ3n) is 6.57. The maximum Gasteiger partial charge on any atom is 0.295 e. The molecule has 2 aliphatic heterocycles. The molecule has 4 rings (SSSR count). The largest absolute Gasteiger partial charge is 0.507 e. The minimum Gasteiger partial charge on any atom is -0.507 e. The van der Waals surface area contributed by atoms with Gasteiger partial charge in [-0.1, -0.05) is 42.0 Å². The second-order valence-electron chi connectivity index (χ2n) is 8.75. The molecule has 1 N–H and O–H groups in total. The van der Waals surface area contributed by atoms with Crippen LogP contribution in [0.5, 0.6) is 11.5 Å². The number of morpholine rings is 1. The van der Waals surface area contributed by atoms with E-state index in [0.29, 0.717) is 48.8 Å². The molecule has 2 aliphatic rings. The number of aryl methyl sites for hydroxylation is 1. The van der Waals surface area contributed by atoms with Gasteiger partial charge in [-0.2, -0.15) is 0 Å². The van der Waals surface area contributed by atoms with Gasteiger partial charge in [0.25, 0.3) is 11.7 Å². The Morgan fingerprint density at radius 1 is 1.03 bits per heavy atom. The highest BCUT2D eigenvalue weighted by Crippen LogP contribution is 2.45. The molecule has 2 saturated heterocycles. The van der Waals surface area contributed by atoms with Gasteiger partial charge in [-0.25, -0.2) is 0 Å². The molecular formula is C27H32N2O6. The number of amides is 1. The quantitative estimate of drug-likeness (QED) is 0.353. The average Bonchev–Trinajstić information content (AvgIpc) is 3.13. The number of benzene rings is 2. The highest BCUT2D eigenvalue weighted by atomic mass is 16.5. The van der Waals surface area contributed by atoms with E-state index in [9.17, 15) is 14.7 Å². The summed E-state index contributed by atoms with van der Waals surface area (Å²) in [6.07, 6.45) is 0.681. The molecule has 1 amide bonds. The highest BCUT2D eigenvalue weighted by molar-refractivity contribution is 6.46. The Balaban J connectivity index is 1.75. The van der Waals surface area contributed by atoms with Gasteiger partial charge in [-0.05, 0) is 19.4 Å². The third-order valence-corrected chi connectivity index (χ3v) is 6.57. The average molecular weight is 481 g/mol. The van der Waals surface area contributed by atoms with E-state index in [0.717, 1.165) is 25.2 Å². The van der Waals surface area contributed by atoms with E-state index in [1.807, 2.05) is 19.1 Å². The second kappa shape index (κ2) is 10.9. The summed E-state index contributed by atoms with van der Waals surface area (Å²) in [5.41, 5.74) is 2.15. The molecular weight excluding hydrogens is 448 g/mol. The molecule has 0 saturated carbocycles. The number of likely N-dealkylation sites (tertiary alicyclic amines) is 1. The molecule has 0 spiro atoms. The van der Waals surface area contributed by atoms with Crippen molar-refractivity contribution in [3.8, 4) is 11.5 Å². The summed E-state index contributed by atoms with van der Waals surface area (Å²) in [5.74, 6) is -0.622. The van der Waals surface area contributed by atoms with Crippen LogP contribution in [0, 0.1) is 6.92 Å². The number of carbonyl (C=O) groups excluding carboxylic acids is 2. The molecule has 0 aliphatic carbocycles. The zero-order chi connectivity index (χ0) is 24.9. The van der Waals surface area contributed by atoms with E-state index in [2.05, 4.69) is 4.90 Å². The number of ketones is 1. The van der Waals surface area contributed by atoms with Crippen LogP contribution in [0.2, 0.25) is 0 Å². The van der Waals surface area contributed by atoms with Crippen LogP contribution < -0.4 is 9.47 Å². The standard InChI is InChI=1S/C27H32N2O6/c1-18-8-10-19(11-9-18)24(30)22-23(20-6-4-7-21(33-2)26(20)34-3)29(27(32)25(22)31)13-5-12-28-14-16-35-17-15-28/h4,6-11,23,30H,5,12-17H2,1-3H3/b24-22+. The number of Topliss-reactive ketones (excluding diaryl/α,β-unsaturated/α-hetero) is 1. The van der Waals surface area contributed by atoms with Gasteiger partial charge in [0.2, 0.25) is 0 Å². The van der Waals surface area contributed by atoms with Crippen molar-refractivity contribution in [2.24, 2.45) is 0 Å². The van der Waals surface area contributed by atoms with Crippen LogP contribution >= 0.6 is 0 Å². The first-order chi connectivity index (χ1) is 17.0. The number of aliphatic hydroxyl groups excluding tert-OH is 1. The zero-order valence-corrected chi connectivity index (χ0v) is 20.5. The normalized spacial score (nSPS) is 20.3. The van der Waals surface area contributed by atoms with Crippen molar-refractivity contribution in [2.45, 2.75) is 19.4 Å². The number of nitrogens with zero attached hydrogens (tertiary/aromatic N) is 2. The lowest BCUT2D eigenvalue weighted by Gasteiger charge is -2.30. The van der Waals surface area contributed by atoms with Gasteiger partial charge in [0, 0.05) is 37.3 Å². The predicted molar refractivity (Wildman–Crippen MR) is 132 cm³/mol. The number of hydrogen-bond acceptors (Lipinski definition) is 7. The molecule has 2 fully saturated rings. The van der Waals surface area contributed by atoms with E-state index in [1.165, 1.54) is 14.2 Å². The third kappa shape index (κ3) is 5.04. The fourth-order valence-electron chi connectivity index (χ4n) is 4.72. The van der Waals surface area contributed by atoms with Crippen LogP contribution in [0.1, 0.15) is 29.2 Å². The summed E-state index contributed by atoms with van der Waals surface area (Å²) >= 11 is 0. The Labute approximate surface area is 205 Å². The van der Waals surface area contributed by atoms with Gasteiger partial charge in [0.1, 0.15) is 5.76 Å². The molecule has 8 nitrogen and oxygen atoms in total. The molecule has 0 aromatic heterocycles. The highest BCUT2D eigenvalue weighted by Gasteiger charge is 2.47. The van der Waals surface area contributed by atoms with Crippen LogP contribution in [0.15, 0.2) is 48.0 Å². The number of rotatable bonds is 8. The SMILES string of the molecule is COc1cccc(C2/C(=C(\O)c3ccc(C)cc3)C(=O)C(=O)N2CCCN2CCOCC2)c1OC. The van der Waals surface area contributed by atoms with Crippen LogP contribution in [-0.4, -0.2) is 80.2 Å². The first kappa shape index (κ1) is 24.8. The Kier molecular flexibility index (Phi) is 7.73. The van der Waals surface area contributed by atoms with E-state index >= 15 is 0 Å². The van der Waals surface area contributed by atoms with Crippen molar-refractivity contribution < 1.29 is 28.9 Å². The molecule has 2 heterocycles. The Morgan fingerprint density at radius 3 is 2.40 bits per heavy atom. The van der Waals surface area contributed by atoms with Crippen LogP contribution in [-0.2, 0) is 14.3 Å². The summed E-state index contributed by atoms with van der Waals surface area (Å²) in [6.45, 7) is 6.17. The van der Waals surface area contributed by atoms with E-state index < -0.39 is 17.7 Å². The van der Waals surface area contributed by atoms with Gasteiger partial charge in [0.05, 0.1) is 39.0 Å². The summed E-state index contributed by atoms with van der Waals surface area (Å²) < 4.78 is 16.5. The smallest absolute Gasteiger partial charge is 0.295 e. The van der Waals surface area contributed by atoms with E-state index in [4.69, 9.17) is 14.2 Å². The van der Waals surface area contributed by atoms with Gasteiger partial charge >= 0.3 is 0 Å². The fraction of sp³-hybridized carbons (Fsp3) is 0.407. The number of aliphatic hydroxyl groups is 1. The van der Waals surface area contributed by atoms with Gasteiger partial charge < -0.3 is 24.2 Å². The topological polar surface area (TPSA) is 88.5 Å². The number of carbonyl (C=O) groups is 2.